The molecule has 0 fully saturated rings. The van der Waals surface area contributed by atoms with Gasteiger partial charge in [-0.05, 0) is 36.4 Å². The zero-order valence-electron chi connectivity index (χ0n) is 15.9. The molecule has 0 aliphatic rings. The molecule has 8 nitrogen and oxygen atoms in total. The standard InChI is InChI=1S/C19H21ClN2O6S/c1-27-8-9-28-12-18(23)21-14-6-7-17(16(20)11-14)22-19(24)13-4-3-5-15(10-13)29(2,25)26/h3-7,10-11H,8-9,12H2,1-2H3,(H,21,23)(H,22,24). The van der Waals surface area contributed by atoms with Crippen LogP contribution in [-0.2, 0) is 24.1 Å². The van der Waals surface area contributed by atoms with E-state index in [1.54, 1.807) is 6.07 Å². The highest BCUT2D eigenvalue weighted by Gasteiger charge is 2.13. The number of carbonyl (C=O) groups excluding carboxylic acids is 2. The maximum absolute atomic E-state index is 12.4. The highest BCUT2D eigenvalue weighted by molar-refractivity contribution is 7.90. The van der Waals surface area contributed by atoms with Gasteiger partial charge < -0.3 is 20.1 Å². The van der Waals surface area contributed by atoms with Gasteiger partial charge in [-0.25, -0.2) is 8.42 Å². The predicted octanol–water partition coefficient (Wildman–Crippen LogP) is 2.60. The molecular formula is C19H21ClN2O6S. The highest BCUT2D eigenvalue weighted by Crippen LogP contribution is 2.26. The van der Waals surface area contributed by atoms with Crippen molar-refractivity contribution in [2.45, 2.75) is 4.90 Å². The number of rotatable bonds is 9. The minimum Gasteiger partial charge on any atom is -0.382 e. The van der Waals surface area contributed by atoms with E-state index in [0.29, 0.717) is 24.6 Å². The first-order valence-corrected chi connectivity index (χ1v) is 10.7. The Morgan fingerprint density at radius 2 is 1.83 bits per heavy atom. The zero-order valence-corrected chi connectivity index (χ0v) is 17.5. The van der Waals surface area contributed by atoms with E-state index in [1.165, 1.54) is 43.5 Å². The van der Waals surface area contributed by atoms with Crippen LogP contribution >= 0.6 is 11.6 Å². The van der Waals surface area contributed by atoms with Crippen molar-refractivity contribution in [3.63, 3.8) is 0 Å². The van der Waals surface area contributed by atoms with Crippen molar-refractivity contribution in [3.05, 3.63) is 53.1 Å². The molecule has 0 aliphatic heterocycles. The number of hydrogen-bond acceptors (Lipinski definition) is 6. The van der Waals surface area contributed by atoms with E-state index in [1.807, 2.05) is 0 Å². The summed E-state index contributed by atoms with van der Waals surface area (Å²) in [7, 11) is -1.89. The number of nitrogens with one attached hydrogen (secondary N) is 2. The first kappa shape index (κ1) is 22.8. The lowest BCUT2D eigenvalue weighted by Crippen LogP contribution is -2.19. The number of ether oxygens (including phenoxy) is 2. The predicted molar refractivity (Wildman–Crippen MR) is 110 cm³/mol. The molecule has 0 saturated heterocycles. The van der Waals surface area contributed by atoms with Crippen molar-refractivity contribution < 1.29 is 27.5 Å². The lowest BCUT2D eigenvalue weighted by molar-refractivity contribution is -0.121. The number of amides is 2. The van der Waals surface area contributed by atoms with E-state index in [-0.39, 0.29) is 28.0 Å². The summed E-state index contributed by atoms with van der Waals surface area (Å²) in [4.78, 5) is 24.3. The average molecular weight is 441 g/mol. The fraction of sp³-hybridized carbons (Fsp3) is 0.263. The van der Waals surface area contributed by atoms with Crippen molar-refractivity contribution in [2.75, 3.05) is 43.8 Å². The first-order valence-electron chi connectivity index (χ1n) is 8.48. The van der Waals surface area contributed by atoms with Crippen LogP contribution in [0.3, 0.4) is 0 Å². The summed E-state index contributed by atoms with van der Waals surface area (Å²) in [5.41, 5.74) is 0.928. The Balaban J connectivity index is 2.02. The second kappa shape index (κ2) is 10.4. The summed E-state index contributed by atoms with van der Waals surface area (Å²) in [6.45, 7) is 0.562. The minimum atomic E-state index is -3.43. The van der Waals surface area contributed by atoms with Gasteiger partial charge in [0.25, 0.3) is 5.91 Å². The molecule has 0 bridgehead atoms. The summed E-state index contributed by atoms with van der Waals surface area (Å²) in [5.74, 6) is -0.868. The maximum atomic E-state index is 12.4. The summed E-state index contributed by atoms with van der Waals surface area (Å²) < 4.78 is 33.2. The molecule has 2 amide bonds. The lowest BCUT2D eigenvalue weighted by Gasteiger charge is -2.11. The van der Waals surface area contributed by atoms with Crippen molar-refractivity contribution >= 4 is 44.6 Å². The van der Waals surface area contributed by atoms with Gasteiger partial charge in [-0.15, -0.1) is 0 Å². The average Bonchev–Trinajstić information content (AvgIpc) is 2.67. The molecule has 0 unspecified atom stereocenters. The molecule has 10 heteroatoms. The van der Waals surface area contributed by atoms with Gasteiger partial charge in [-0.3, -0.25) is 9.59 Å². The third kappa shape index (κ3) is 7.13. The molecule has 2 aromatic rings. The first-order chi connectivity index (χ1) is 13.7. The summed E-state index contributed by atoms with van der Waals surface area (Å²) in [6.07, 6.45) is 1.07. The normalized spacial score (nSPS) is 11.1. The van der Waals surface area contributed by atoms with E-state index < -0.39 is 15.7 Å². The van der Waals surface area contributed by atoms with Gasteiger partial charge in [0.2, 0.25) is 5.91 Å². The van der Waals surface area contributed by atoms with E-state index in [0.717, 1.165) is 6.26 Å². The third-order valence-electron chi connectivity index (χ3n) is 3.69. The van der Waals surface area contributed by atoms with Gasteiger partial charge in [0.1, 0.15) is 6.61 Å². The van der Waals surface area contributed by atoms with Gasteiger partial charge in [0.15, 0.2) is 9.84 Å². The summed E-state index contributed by atoms with van der Waals surface area (Å²) in [6, 6.07) is 10.3. The van der Waals surface area contributed by atoms with Crippen LogP contribution in [0, 0.1) is 0 Å². The number of carbonyl (C=O) groups is 2. The van der Waals surface area contributed by atoms with Crippen LogP contribution < -0.4 is 10.6 Å². The number of methoxy groups -OCH3 is 1. The number of anilines is 2. The Labute approximate surface area is 174 Å². The van der Waals surface area contributed by atoms with Crippen LogP contribution in [0.2, 0.25) is 5.02 Å². The quantitative estimate of drug-likeness (QED) is 0.580. The van der Waals surface area contributed by atoms with Crippen LogP contribution in [-0.4, -0.2) is 53.4 Å². The number of halogens is 1. The van der Waals surface area contributed by atoms with Crippen LogP contribution in [0.5, 0.6) is 0 Å². The lowest BCUT2D eigenvalue weighted by atomic mass is 10.2. The minimum absolute atomic E-state index is 0.0435. The molecule has 0 aliphatic carbocycles. The molecule has 0 radical (unpaired) electrons. The molecule has 2 aromatic carbocycles. The third-order valence-corrected chi connectivity index (χ3v) is 5.11. The van der Waals surface area contributed by atoms with Crippen LogP contribution in [0.1, 0.15) is 10.4 Å². The van der Waals surface area contributed by atoms with Crippen LogP contribution in [0.4, 0.5) is 11.4 Å². The molecular weight excluding hydrogens is 420 g/mol. The van der Waals surface area contributed by atoms with E-state index in [2.05, 4.69) is 10.6 Å². The van der Waals surface area contributed by atoms with Crippen molar-refractivity contribution in [1.82, 2.24) is 0 Å². The molecule has 2 N–H and O–H groups in total. The van der Waals surface area contributed by atoms with E-state index in [4.69, 9.17) is 21.1 Å². The van der Waals surface area contributed by atoms with E-state index >= 15 is 0 Å². The monoisotopic (exact) mass is 440 g/mol. The van der Waals surface area contributed by atoms with Crippen molar-refractivity contribution in [1.29, 1.82) is 0 Å². The fourth-order valence-corrected chi connectivity index (χ4v) is 3.16. The molecule has 0 aromatic heterocycles. The van der Waals surface area contributed by atoms with Crippen LogP contribution in [0.25, 0.3) is 0 Å². The molecule has 29 heavy (non-hydrogen) atoms. The second-order valence-corrected chi connectivity index (χ2v) is 8.47. The largest absolute Gasteiger partial charge is 0.382 e. The topological polar surface area (TPSA) is 111 Å². The molecule has 0 heterocycles. The molecule has 0 atom stereocenters. The fourth-order valence-electron chi connectivity index (χ4n) is 2.26. The van der Waals surface area contributed by atoms with Gasteiger partial charge in [0, 0.05) is 24.6 Å². The molecule has 156 valence electrons. The zero-order chi connectivity index (χ0) is 21.4. The van der Waals surface area contributed by atoms with Gasteiger partial charge in [-0.1, -0.05) is 17.7 Å². The van der Waals surface area contributed by atoms with Crippen molar-refractivity contribution in [3.8, 4) is 0 Å². The second-order valence-electron chi connectivity index (χ2n) is 6.04. The van der Waals surface area contributed by atoms with Gasteiger partial charge >= 0.3 is 0 Å². The number of sulfone groups is 1. The SMILES string of the molecule is COCCOCC(=O)Nc1ccc(NC(=O)c2cccc(S(C)(=O)=O)c2)c(Cl)c1. The van der Waals surface area contributed by atoms with E-state index in [9.17, 15) is 18.0 Å². The van der Waals surface area contributed by atoms with Crippen molar-refractivity contribution in [2.24, 2.45) is 0 Å². The van der Waals surface area contributed by atoms with Gasteiger partial charge in [-0.2, -0.15) is 0 Å². The molecule has 0 saturated carbocycles. The maximum Gasteiger partial charge on any atom is 0.255 e. The summed E-state index contributed by atoms with van der Waals surface area (Å²) in [5, 5.41) is 5.45. The molecule has 2 rings (SSSR count). The Hall–Kier alpha value is -2.46. The van der Waals surface area contributed by atoms with Crippen LogP contribution in [0.15, 0.2) is 47.4 Å². The Kier molecular flexibility index (Phi) is 8.15. The number of hydrogen-bond donors (Lipinski definition) is 2. The van der Waals surface area contributed by atoms with Gasteiger partial charge in [0.05, 0.1) is 28.8 Å². The smallest absolute Gasteiger partial charge is 0.255 e. The Bertz CT molecular complexity index is 994. The highest BCUT2D eigenvalue weighted by atomic mass is 35.5. The summed E-state index contributed by atoms with van der Waals surface area (Å²) >= 11 is 6.18. The number of benzene rings is 2. The Morgan fingerprint density at radius 1 is 1.07 bits per heavy atom. The molecule has 0 spiro atoms. The Morgan fingerprint density at radius 3 is 2.48 bits per heavy atom.